The van der Waals surface area contributed by atoms with Gasteiger partial charge in [0.25, 0.3) is 0 Å². The maximum Gasteiger partial charge on any atom is 0.436 e. The molecule has 0 fully saturated rings. The van der Waals surface area contributed by atoms with Gasteiger partial charge in [-0.15, -0.1) is 0 Å². The summed E-state index contributed by atoms with van der Waals surface area (Å²) in [7, 11) is 0. The predicted molar refractivity (Wildman–Crippen MR) is 57.7 cm³/mol. The number of nitrogens with zero attached hydrogens (tertiary/aromatic N) is 3. The third kappa shape index (κ3) is 1.88. The van der Waals surface area contributed by atoms with E-state index in [1.165, 1.54) is 6.07 Å². The number of alkyl halides is 3. The van der Waals surface area contributed by atoms with Crippen LogP contribution >= 0.6 is 0 Å². The van der Waals surface area contributed by atoms with Crippen LogP contribution in [0, 0.1) is 11.3 Å². The van der Waals surface area contributed by atoms with Crippen molar-refractivity contribution in [2.45, 2.75) is 6.18 Å². The lowest BCUT2D eigenvalue weighted by atomic mass is 10.2. The van der Waals surface area contributed by atoms with Gasteiger partial charge in [0.1, 0.15) is 17.5 Å². The number of hydrogen-bond acceptors (Lipinski definition) is 3. The number of anilines is 1. The quantitative estimate of drug-likeness (QED) is 0.847. The van der Waals surface area contributed by atoms with Crippen LogP contribution < -0.4 is 5.73 Å². The van der Waals surface area contributed by atoms with E-state index >= 15 is 0 Å². The van der Waals surface area contributed by atoms with Crippen LogP contribution in [-0.2, 0) is 6.18 Å². The number of rotatable bonds is 1. The van der Waals surface area contributed by atoms with Crippen molar-refractivity contribution in [1.82, 2.24) is 9.78 Å². The van der Waals surface area contributed by atoms with Gasteiger partial charge < -0.3 is 5.73 Å². The number of hydrogen-bond donors (Lipinski definition) is 1. The molecule has 0 saturated heterocycles. The molecule has 92 valence electrons. The third-order valence-electron chi connectivity index (χ3n) is 2.30. The summed E-state index contributed by atoms with van der Waals surface area (Å²) in [6.45, 7) is 0. The molecule has 0 saturated carbocycles. The fourth-order valence-corrected chi connectivity index (χ4v) is 1.51. The standard InChI is InChI=1S/C11H7F3N4/c12-11(13,14)9-8(6-15)10(16)18(17-9)7-4-2-1-3-5-7/h1-5H,16H2. The van der Waals surface area contributed by atoms with Crippen LogP contribution in [0.25, 0.3) is 5.69 Å². The first kappa shape index (κ1) is 12.0. The summed E-state index contributed by atoms with van der Waals surface area (Å²) < 4.78 is 38.9. The van der Waals surface area contributed by atoms with Gasteiger partial charge in [0.15, 0.2) is 5.69 Å². The van der Waals surface area contributed by atoms with E-state index in [0.29, 0.717) is 5.69 Å². The van der Waals surface area contributed by atoms with Gasteiger partial charge in [-0.1, -0.05) is 18.2 Å². The monoisotopic (exact) mass is 252 g/mol. The molecule has 0 atom stereocenters. The van der Waals surface area contributed by atoms with E-state index in [0.717, 1.165) is 4.68 Å². The second-order valence-electron chi connectivity index (χ2n) is 3.47. The molecule has 1 aromatic carbocycles. The number of para-hydroxylation sites is 1. The zero-order valence-corrected chi connectivity index (χ0v) is 8.94. The summed E-state index contributed by atoms with van der Waals surface area (Å²) >= 11 is 0. The Morgan fingerprint density at radius 2 is 1.83 bits per heavy atom. The van der Waals surface area contributed by atoms with Crippen molar-refractivity contribution in [2.24, 2.45) is 0 Å². The Morgan fingerprint density at radius 1 is 1.22 bits per heavy atom. The molecule has 0 amide bonds. The number of benzene rings is 1. The van der Waals surface area contributed by atoms with Gasteiger partial charge in [-0.3, -0.25) is 0 Å². The lowest BCUT2D eigenvalue weighted by Gasteiger charge is -2.03. The van der Waals surface area contributed by atoms with Crippen molar-refractivity contribution in [3.8, 4) is 11.8 Å². The highest BCUT2D eigenvalue weighted by atomic mass is 19.4. The summed E-state index contributed by atoms with van der Waals surface area (Å²) in [5.74, 6) is -0.323. The molecule has 0 radical (unpaired) electrons. The molecule has 1 aromatic heterocycles. The lowest BCUT2D eigenvalue weighted by molar-refractivity contribution is -0.141. The highest BCUT2D eigenvalue weighted by molar-refractivity contribution is 5.56. The summed E-state index contributed by atoms with van der Waals surface area (Å²) in [6.07, 6.45) is -4.71. The second kappa shape index (κ2) is 4.07. The molecule has 4 nitrogen and oxygen atoms in total. The smallest absolute Gasteiger partial charge is 0.382 e. The Bertz CT molecular complexity index is 608. The van der Waals surface area contributed by atoms with Crippen LogP contribution in [0.1, 0.15) is 11.3 Å². The minimum Gasteiger partial charge on any atom is -0.382 e. The van der Waals surface area contributed by atoms with Crippen LogP contribution in [-0.4, -0.2) is 9.78 Å². The first-order chi connectivity index (χ1) is 8.45. The molecule has 0 aliphatic rings. The molecule has 0 aliphatic heterocycles. The largest absolute Gasteiger partial charge is 0.436 e. The Morgan fingerprint density at radius 3 is 2.28 bits per heavy atom. The van der Waals surface area contributed by atoms with Gasteiger partial charge in [-0.25, -0.2) is 4.68 Å². The van der Waals surface area contributed by atoms with Crippen LogP contribution in [0.5, 0.6) is 0 Å². The zero-order valence-electron chi connectivity index (χ0n) is 8.94. The number of nitrogen functional groups attached to an aromatic ring is 1. The first-order valence-corrected chi connectivity index (χ1v) is 4.86. The van der Waals surface area contributed by atoms with Crippen LogP contribution in [0.4, 0.5) is 19.0 Å². The fourth-order valence-electron chi connectivity index (χ4n) is 1.51. The summed E-state index contributed by atoms with van der Waals surface area (Å²) in [5.41, 5.74) is 3.95. The Hall–Kier alpha value is -2.49. The molecule has 0 bridgehead atoms. The summed E-state index contributed by atoms with van der Waals surface area (Å²) in [5, 5.41) is 12.1. The van der Waals surface area contributed by atoms with Crippen LogP contribution in [0.3, 0.4) is 0 Å². The van der Waals surface area contributed by atoms with Crippen molar-refractivity contribution in [1.29, 1.82) is 5.26 Å². The van der Waals surface area contributed by atoms with Gasteiger partial charge >= 0.3 is 6.18 Å². The van der Waals surface area contributed by atoms with Crippen molar-refractivity contribution in [2.75, 3.05) is 5.73 Å². The van der Waals surface area contributed by atoms with E-state index in [-0.39, 0.29) is 5.82 Å². The molecule has 2 aromatic rings. The molecule has 0 unspecified atom stereocenters. The minimum absolute atomic E-state index is 0.323. The first-order valence-electron chi connectivity index (χ1n) is 4.86. The van der Waals surface area contributed by atoms with E-state index < -0.39 is 17.4 Å². The molecule has 0 spiro atoms. The minimum atomic E-state index is -4.71. The molecule has 2 N–H and O–H groups in total. The van der Waals surface area contributed by atoms with E-state index in [4.69, 9.17) is 11.0 Å². The Labute approximate surface area is 100 Å². The number of nitriles is 1. The molecule has 0 aliphatic carbocycles. The molecule has 7 heteroatoms. The predicted octanol–water partition coefficient (Wildman–Crippen LogP) is 2.34. The molecule has 2 rings (SSSR count). The van der Waals surface area contributed by atoms with Gasteiger partial charge in [0.05, 0.1) is 5.69 Å². The molecule has 18 heavy (non-hydrogen) atoms. The van der Waals surface area contributed by atoms with E-state index in [1.54, 1.807) is 30.3 Å². The van der Waals surface area contributed by atoms with Gasteiger partial charge in [0.2, 0.25) is 0 Å². The average Bonchev–Trinajstić information content (AvgIpc) is 2.67. The SMILES string of the molecule is N#Cc1c(C(F)(F)F)nn(-c2ccccc2)c1N. The Kier molecular flexibility index (Phi) is 2.71. The third-order valence-corrected chi connectivity index (χ3v) is 2.30. The highest BCUT2D eigenvalue weighted by Gasteiger charge is 2.39. The van der Waals surface area contributed by atoms with E-state index in [2.05, 4.69) is 5.10 Å². The molecular weight excluding hydrogens is 245 g/mol. The average molecular weight is 252 g/mol. The fraction of sp³-hybridized carbons (Fsp3) is 0.0909. The Balaban J connectivity index is 2.66. The van der Waals surface area contributed by atoms with Crippen LogP contribution in [0.15, 0.2) is 30.3 Å². The van der Waals surface area contributed by atoms with Crippen molar-refractivity contribution >= 4 is 5.82 Å². The number of halogens is 3. The number of nitrogens with two attached hydrogens (primary N) is 1. The summed E-state index contributed by atoms with van der Waals surface area (Å²) in [6, 6.07) is 9.50. The topological polar surface area (TPSA) is 67.6 Å². The van der Waals surface area contributed by atoms with E-state index in [9.17, 15) is 13.2 Å². The van der Waals surface area contributed by atoms with Crippen molar-refractivity contribution < 1.29 is 13.2 Å². The van der Waals surface area contributed by atoms with Gasteiger partial charge in [-0.2, -0.15) is 23.5 Å². The lowest BCUT2D eigenvalue weighted by Crippen LogP contribution is -2.08. The van der Waals surface area contributed by atoms with Crippen molar-refractivity contribution in [3.63, 3.8) is 0 Å². The molecule has 1 heterocycles. The second-order valence-corrected chi connectivity index (χ2v) is 3.47. The van der Waals surface area contributed by atoms with Gasteiger partial charge in [-0.05, 0) is 12.1 Å². The normalized spacial score (nSPS) is 11.2. The summed E-state index contributed by atoms with van der Waals surface area (Å²) in [4.78, 5) is 0. The van der Waals surface area contributed by atoms with E-state index in [1.807, 2.05) is 0 Å². The zero-order chi connectivity index (χ0) is 13.3. The maximum atomic E-state index is 12.7. The van der Waals surface area contributed by atoms with Crippen LogP contribution in [0.2, 0.25) is 0 Å². The van der Waals surface area contributed by atoms with Crippen molar-refractivity contribution in [3.05, 3.63) is 41.6 Å². The number of aromatic nitrogens is 2. The van der Waals surface area contributed by atoms with Gasteiger partial charge in [0, 0.05) is 0 Å². The highest BCUT2D eigenvalue weighted by Crippen LogP contribution is 2.34. The maximum absolute atomic E-state index is 12.7. The molecular formula is C11H7F3N4.